The van der Waals surface area contributed by atoms with Crippen molar-refractivity contribution in [2.75, 3.05) is 0 Å². The number of fused-ring (bicyclic) bond motifs is 2. The molecule has 3 atom stereocenters. The predicted molar refractivity (Wildman–Crippen MR) is 56.4 cm³/mol. The van der Waals surface area contributed by atoms with Crippen LogP contribution in [-0.2, 0) is 0 Å². The summed E-state index contributed by atoms with van der Waals surface area (Å²) in [5, 5.41) is 9.28. The van der Waals surface area contributed by atoms with Crippen molar-refractivity contribution in [3.05, 3.63) is 12.2 Å². The third-order valence-corrected chi connectivity index (χ3v) is 5.54. The Hall–Kier alpha value is -0.290. The molecule has 2 rings (SSSR count). The van der Waals surface area contributed by atoms with Gasteiger partial charge in [-0.3, -0.25) is 0 Å². The lowest BCUT2D eigenvalue weighted by Crippen LogP contribution is -2.26. The van der Waals surface area contributed by atoms with Gasteiger partial charge in [-0.15, -0.1) is 0 Å². The largest absolute Gasteiger partial charge is 0.197 e. The fourth-order valence-corrected chi connectivity index (χ4v) is 4.57. The minimum absolute atomic E-state index is 0.141. The van der Waals surface area contributed by atoms with Crippen LogP contribution in [0.1, 0.15) is 26.7 Å². The van der Waals surface area contributed by atoms with E-state index in [0.29, 0.717) is 10.7 Å². The Morgan fingerprint density at radius 2 is 2.23 bits per heavy atom. The van der Waals surface area contributed by atoms with Gasteiger partial charge in [-0.1, -0.05) is 41.9 Å². The summed E-state index contributed by atoms with van der Waals surface area (Å²) in [6.45, 7) is 8.56. The van der Waals surface area contributed by atoms with Gasteiger partial charge in [0.2, 0.25) is 0 Å². The number of nitriles is 1. The first-order valence-electron chi connectivity index (χ1n) is 4.72. The van der Waals surface area contributed by atoms with Gasteiger partial charge in [0.05, 0.1) is 11.5 Å². The minimum Gasteiger partial charge on any atom is -0.197 e. The molecule has 0 unspecified atom stereocenters. The van der Waals surface area contributed by atoms with Crippen LogP contribution in [-0.4, -0.2) is 4.83 Å². The smallest absolute Gasteiger partial charge is 0.0912 e. The lowest BCUT2D eigenvalue weighted by Gasteiger charge is -2.34. The molecule has 1 nitrogen and oxygen atoms in total. The molecule has 2 fully saturated rings. The van der Waals surface area contributed by atoms with E-state index in [1.165, 1.54) is 0 Å². The molecule has 0 spiro atoms. The summed E-state index contributed by atoms with van der Waals surface area (Å²) in [7, 11) is 0. The van der Waals surface area contributed by atoms with E-state index in [4.69, 9.17) is 0 Å². The molecule has 2 bridgehead atoms. The molecule has 2 aliphatic rings. The highest BCUT2D eigenvalue weighted by Crippen LogP contribution is 2.67. The first kappa shape index (κ1) is 9.27. The van der Waals surface area contributed by atoms with Crippen LogP contribution in [0.25, 0.3) is 0 Å². The van der Waals surface area contributed by atoms with Crippen molar-refractivity contribution < 1.29 is 0 Å². The van der Waals surface area contributed by atoms with Crippen LogP contribution >= 0.6 is 15.9 Å². The summed E-state index contributed by atoms with van der Waals surface area (Å²) in [4.78, 5) is 0.326. The second-order valence-corrected chi connectivity index (χ2v) is 5.82. The van der Waals surface area contributed by atoms with Gasteiger partial charge in [-0.05, 0) is 24.2 Å². The minimum atomic E-state index is -0.270. The van der Waals surface area contributed by atoms with Gasteiger partial charge in [0, 0.05) is 4.83 Å². The summed E-state index contributed by atoms with van der Waals surface area (Å²) in [6.07, 6.45) is 2.15. The Kier molecular flexibility index (Phi) is 1.70. The maximum Gasteiger partial charge on any atom is 0.0912 e. The Bertz CT molecular complexity index is 313. The molecule has 2 heteroatoms. The molecule has 0 radical (unpaired) electrons. The normalized spacial score (nSPS) is 46.5. The van der Waals surface area contributed by atoms with Crippen molar-refractivity contribution in [2.45, 2.75) is 31.5 Å². The third kappa shape index (κ3) is 0.819. The molecule has 0 saturated heterocycles. The molecule has 2 saturated carbocycles. The van der Waals surface area contributed by atoms with Gasteiger partial charge in [0.15, 0.2) is 0 Å². The van der Waals surface area contributed by atoms with Crippen LogP contribution in [0.3, 0.4) is 0 Å². The molecule has 0 aromatic carbocycles. The van der Waals surface area contributed by atoms with E-state index in [9.17, 15) is 5.26 Å². The van der Waals surface area contributed by atoms with Crippen LogP contribution in [0, 0.1) is 28.1 Å². The molecule has 0 aliphatic heterocycles. The fourth-order valence-electron chi connectivity index (χ4n) is 3.04. The Balaban J connectivity index is 2.54. The molecular weight excluding hydrogens is 226 g/mol. The standard InChI is InChI=1S/C11H14BrN/c1-7-10(2,3)8-4-5-11(7,6-13)9(8)12/h8-9H,1,4-5H2,2-3H3/t8-,9+,11+/m1/s1. The first-order valence-corrected chi connectivity index (χ1v) is 5.63. The zero-order valence-corrected chi connectivity index (χ0v) is 9.69. The molecule has 0 aromatic rings. The average Bonchev–Trinajstić information content (AvgIpc) is 2.47. The van der Waals surface area contributed by atoms with Gasteiger partial charge < -0.3 is 0 Å². The average molecular weight is 240 g/mol. The van der Waals surface area contributed by atoms with Crippen molar-refractivity contribution >= 4 is 15.9 Å². The van der Waals surface area contributed by atoms with E-state index in [1.54, 1.807) is 0 Å². The van der Waals surface area contributed by atoms with Crippen molar-refractivity contribution in [1.82, 2.24) is 0 Å². The van der Waals surface area contributed by atoms with Gasteiger partial charge in [-0.2, -0.15) is 5.26 Å². The molecule has 0 aromatic heterocycles. The van der Waals surface area contributed by atoms with E-state index in [1.807, 2.05) is 0 Å². The maximum absolute atomic E-state index is 9.28. The number of nitrogens with zero attached hydrogens (tertiary/aromatic N) is 1. The van der Waals surface area contributed by atoms with E-state index in [0.717, 1.165) is 18.4 Å². The van der Waals surface area contributed by atoms with E-state index < -0.39 is 0 Å². The monoisotopic (exact) mass is 239 g/mol. The second-order valence-electron chi connectivity index (χ2n) is 4.83. The predicted octanol–water partition coefficient (Wildman–Crippen LogP) is 3.27. The van der Waals surface area contributed by atoms with Gasteiger partial charge in [0.1, 0.15) is 0 Å². The highest BCUT2D eigenvalue weighted by Gasteiger charge is 2.63. The Morgan fingerprint density at radius 3 is 2.54 bits per heavy atom. The molecule has 0 heterocycles. The Labute approximate surface area is 87.9 Å². The number of rotatable bonds is 0. The molecule has 0 amide bonds. The van der Waals surface area contributed by atoms with Gasteiger partial charge in [-0.25, -0.2) is 0 Å². The van der Waals surface area contributed by atoms with Crippen molar-refractivity contribution in [2.24, 2.45) is 16.7 Å². The summed E-state index contributed by atoms with van der Waals surface area (Å²) in [6, 6.07) is 2.48. The van der Waals surface area contributed by atoms with E-state index >= 15 is 0 Å². The molecular formula is C11H14BrN. The van der Waals surface area contributed by atoms with Crippen molar-refractivity contribution in [3.63, 3.8) is 0 Å². The third-order valence-electron chi connectivity index (χ3n) is 4.12. The van der Waals surface area contributed by atoms with Crippen LogP contribution in [0.2, 0.25) is 0 Å². The van der Waals surface area contributed by atoms with Gasteiger partial charge >= 0.3 is 0 Å². The lowest BCUT2D eigenvalue weighted by atomic mass is 9.69. The van der Waals surface area contributed by atoms with Gasteiger partial charge in [0.25, 0.3) is 0 Å². The summed E-state index contributed by atoms with van der Waals surface area (Å²) in [5.74, 6) is 0.597. The highest BCUT2D eigenvalue weighted by atomic mass is 79.9. The van der Waals surface area contributed by atoms with Crippen LogP contribution in [0.4, 0.5) is 0 Å². The van der Waals surface area contributed by atoms with Crippen LogP contribution in [0.5, 0.6) is 0 Å². The SMILES string of the molecule is C=C1C(C)(C)[C@@H]2CC[C@@]1(C#N)[C@H]2Br. The van der Waals surface area contributed by atoms with Crippen molar-refractivity contribution in [3.8, 4) is 6.07 Å². The maximum atomic E-state index is 9.28. The summed E-state index contributed by atoms with van der Waals surface area (Å²) < 4.78 is 0. The zero-order valence-electron chi connectivity index (χ0n) is 8.10. The first-order chi connectivity index (χ1) is 5.97. The van der Waals surface area contributed by atoms with Crippen LogP contribution in [0.15, 0.2) is 12.2 Å². The lowest BCUT2D eigenvalue weighted by molar-refractivity contribution is 0.284. The molecule has 70 valence electrons. The number of hydrogen-bond acceptors (Lipinski definition) is 1. The van der Waals surface area contributed by atoms with E-state index in [2.05, 4.69) is 42.4 Å². The number of alkyl halides is 1. The molecule has 0 N–H and O–H groups in total. The summed E-state index contributed by atoms with van der Waals surface area (Å²) >= 11 is 3.68. The van der Waals surface area contributed by atoms with Crippen LogP contribution < -0.4 is 0 Å². The fraction of sp³-hybridized carbons (Fsp3) is 0.727. The molecule has 13 heavy (non-hydrogen) atoms. The second kappa shape index (κ2) is 2.39. The Morgan fingerprint density at radius 1 is 1.62 bits per heavy atom. The quantitative estimate of drug-likeness (QED) is 0.471. The highest BCUT2D eigenvalue weighted by molar-refractivity contribution is 9.09. The number of halogens is 1. The molecule has 2 aliphatic carbocycles. The van der Waals surface area contributed by atoms with Crippen molar-refractivity contribution in [1.29, 1.82) is 5.26 Å². The zero-order chi connectivity index (χ0) is 9.85. The number of allylic oxidation sites excluding steroid dienone is 1. The topological polar surface area (TPSA) is 23.8 Å². The number of hydrogen-bond donors (Lipinski definition) is 0. The summed E-state index contributed by atoms with van der Waals surface area (Å²) in [5.41, 5.74) is 1.01. The van der Waals surface area contributed by atoms with E-state index in [-0.39, 0.29) is 10.8 Å².